The van der Waals surface area contributed by atoms with E-state index >= 15 is 0 Å². The topological polar surface area (TPSA) is 31.8 Å². The second kappa shape index (κ2) is 13.4. The Kier molecular flexibility index (Phi) is 7.73. The van der Waals surface area contributed by atoms with Crippen molar-refractivity contribution in [1.82, 2.24) is 0 Å². The van der Waals surface area contributed by atoms with Crippen LogP contribution in [0.3, 0.4) is 0 Å². The van der Waals surface area contributed by atoms with E-state index < -0.39 is 0 Å². The van der Waals surface area contributed by atoms with E-state index in [1.165, 1.54) is 86.9 Å². The van der Waals surface area contributed by atoms with Crippen LogP contribution in [0.2, 0.25) is 0 Å². The van der Waals surface area contributed by atoms with Crippen molar-refractivity contribution in [2.75, 3.05) is 10.6 Å². The first-order valence-corrected chi connectivity index (χ1v) is 19.5. The minimum absolute atomic E-state index is 0.765. The van der Waals surface area contributed by atoms with Crippen LogP contribution in [0.4, 0.5) is 11.4 Å². The summed E-state index contributed by atoms with van der Waals surface area (Å²) < 4.78 is 4.51. The molecule has 0 aliphatic rings. The van der Waals surface area contributed by atoms with Gasteiger partial charge in [0.1, 0.15) is 0 Å². The molecule has 2 heterocycles. The van der Waals surface area contributed by atoms with Gasteiger partial charge in [0.25, 0.3) is 0 Å². The molecule has 0 unspecified atom stereocenters. The summed E-state index contributed by atoms with van der Waals surface area (Å²) in [6.45, 7) is 3.15. The van der Waals surface area contributed by atoms with E-state index in [4.69, 9.17) is 0 Å². The summed E-state index contributed by atoms with van der Waals surface area (Å²) in [6, 6.07) is 57.9. The smallest absolute Gasteiger partial charge is 0.192 e. The second-order valence-corrected chi connectivity index (χ2v) is 15.2. The lowest BCUT2D eigenvalue weighted by atomic mass is 9.92. The number of pyridine rings is 2. The molecule has 56 heavy (non-hydrogen) atoms. The quantitative estimate of drug-likeness (QED) is 0.109. The minimum atomic E-state index is 0.765. The maximum atomic E-state index is 3.71. The number of nitrogens with one attached hydrogen (secondary N) is 2. The minimum Gasteiger partial charge on any atom is -0.376 e. The average molecular weight is 721 g/mol. The third-order valence-corrected chi connectivity index (χ3v) is 11.7. The standard InChI is InChI=1S/C52H40N4/c1-5-37-15-17-41-19-21-43(47-25-23-39(7-1)49(37)51(41)47)29-53-45-9-3-27-55(33-45)31-35-11-13-36(14-12-35)32-56-28-4-10-46(34-56)54-30-44-22-20-42-18-16-38-6-2-8-40-24-26-48(44)52(42)50(38)40/h1-28,33-34,53-54H,29-32H2/q+2. The molecular formula is C52H40N4+2. The molecule has 0 aliphatic heterocycles. The fourth-order valence-corrected chi connectivity index (χ4v) is 8.92. The van der Waals surface area contributed by atoms with Gasteiger partial charge in [0.05, 0.1) is 11.4 Å². The molecule has 266 valence electrons. The van der Waals surface area contributed by atoms with Crippen molar-refractivity contribution in [2.45, 2.75) is 26.2 Å². The molecule has 2 aromatic heterocycles. The number of aromatic nitrogens is 2. The van der Waals surface area contributed by atoms with Crippen LogP contribution in [-0.2, 0) is 26.2 Å². The van der Waals surface area contributed by atoms with Gasteiger partial charge in [0.15, 0.2) is 37.9 Å². The van der Waals surface area contributed by atoms with Crippen molar-refractivity contribution >= 4 is 76.0 Å². The van der Waals surface area contributed by atoms with Gasteiger partial charge in [-0.2, -0.15) is 9.13 Å². The molecule has 0 aliphatic carbocycles. The van der Waals surface area contributed by atoms with E-state index in [1.807, 2.05) is 0 Å². The lowest BCUT2D eigenvalue weighted by Crippen LogP contribution is -2.34. The normalized spacial score (nSPS) is 11.9. The fourth-order valence-electron chi connectivity index (χ4n) is 8.92. The SMILES string of the molecule is c1cc2ccc3ccc(CNc4ccc[n+](Cc5ccc(C[n+]6cccc(NCc7ccc8ccc9cccc%10ccc7c8c9%10)c6)cc5)c4)c4ccc(c1)c2c34. The lowest BCUT2D eigenvalue weighted by molar-refractivity contribution is -0.688. The van der Waals surface area contributed by atoms with Crippen molar-refractivity contribution in [3.63, 3.8) is 0 Å². The van der Waals surface area contributed by atoms with Crippen molar-refractivity contribution in [3.8, 4) is 0 Å². The molecule has 2 N–H and O–H groups in total. The number of hydrogen-bond donors (Lipinski definition) is 2. The molecule has 11 rings (SSSR count). The van der Waals surface area contributed by atoms with E-state index in [0.717, 1.165) is 37.6 Å². The molecule has 0 fully saturated rings. The summed E-state index contributed by atoms with van der Waals surface area (Å²) in [5, 5.41) is 23.3. The Hall–Kier alpha value is -7.04. The molecule has 0 amide bonds. The van der Waals surface area contributed by atoms with Gasteiger partial charge in [-0.15, -0.1) is 0 Å². The zero-order valence-electron chi connectivity index (χ0n) is 31.0. The van der Waals surface area contributed by atoms with Gasteiger partial charge in [-0.05, 0) is 87.9 Å². The molecule has 9 aromatic carbocycles. The van der Waals surface area contributed by atoms with Crippen LogP contribution >= 0.6 is 0 Å². The van der Waals surface area contributed by atoms with Crippen LogP contribution in [-0.4, -0.2) is 0 Å². The maximum absolute atomic E-state index is 3.71. The first-order chi connectivity index (χ1) is 27.7. The number of anilines is 2. The van der Waals surface area contributed by atoms with Crippen LogP contribution in [0.5, 0.6) is 0 Å². The average Bonchev–Trinajstić information content (AvgIpc) is 3.24. The molecule has 0 spiro atoms. The summed E-state index contributed by atoms with van der Waals surface area (Å²) in [6.07, 6.45) is 8.71. The predicted molar refractivity (Wildman–Crippen MR) is 233 cm³/mol. The second-order valence-electron chi connectivity index (χ2n) is 15.2. The van der Waals surface area contributed by atoms with Crippen LogP contribution < -0.4 is 19.8 Å². The first-order valence-electron chi connectivity index (χ1n) is 19.5. The number of nitrogens with zero attached hydrogens (tertiary/aromatic N) is 2. The highest BCUT2D eigenvalue weighted by molar-refractivity contribution is 6.24. The molecule has 0 atom stereocenters. The number of rotatable bonds is 10. The Morgan fingerprint density at radius 2 is 0.714 bits per heavy atom. The van der Waals surface area contributed by atoms with Gasteiger partial charge >= 0.3 is 0 Å². The number of hydrogen-bond acceptors (Lipinski definition) is 2. The predicted octanol–water partition coefficient (Wildman–Crippen LogP) is 11.4. The van der Waals surface area contributed by atoms with Gasteiger partial charge in [0, 0.05) is 36.3 Å². The van der Waals surface area contributed by atoms with Crippen LogP contribution in [0.1, 0.15) is 22.3 Å². The Balaban J connectivity index is 0.749. The fraction of sp³-hybridized carbons (Fsp3) is 0.0769. The Labute approximate surface area is 325 Å². The summed E-state index contributed by atoms with van der Waals surface area (Å²) in [5.74, 6) is 0. The van der Waals surface area contributed by atoms with Gasteiger partial charge in [-0.3, -0.25) is 0 Å². The Morgan fingerprint density at radius 1 is 0.339 bits per heavy atom. The van der Waals surface area contributed by atoms with Gasteiger partial charge in [0.2, 0.25) is 0 Å². The van der Waals surface area contributed by atoms with Gasteiger partial charge in [-0.1, -0.05) is 133 Å². The molecule has 0 bridgehead atoms. The summed E-state index contributed by atoms with van der Waals surface area (Å²) >= 11 is 0. The van der Waals surface area contributed by atoms with E-state index in [9.17, 15) is 0 Å². The zero-order valence-corrected chi connectivity index (χ0v) is 31.0. The Bertz CT molecular complexity index is 2950. The van der Waals surface area contributed by atoms with Crippen molar-refractivity contribution < 1.29 is 9.13 Å². The third-order valence-electron chi connectivity index (χ3n) is 11.7. The first kappa shape index (κ1) is 32.4. The van der Waals surface area contributed by atoms with E-state index in [-0.39, 0.29) is 0 Å². The molecule has 4 heteroatoms. The highest BCUT2D eigenvalue weighted by Crippen LogP contribution is 2.37. The molecular weight excluding hydrogens is 681 g/mol. The van der Waals surface area contributed by atoms with Crippen LogP contribution in [0.25, 0.3) is 64.6 Å². The van der Waals surface area contributed by atoms with Gasteiger partial charge < -0.3 is 10.6 Å². The lowest BCUT2D eigenvalue weighted by Gasteiger charge is -2.14. The summed E-state index contributed by atoms with van der Waals surface area (Å²) in [5.41, 5.74) is 7.39. The molecule has 0 radical (unpaired) electrons. The van der Waals surface area contributed by atoms with E-state index in [1.54, 1.807) is 0 Å². The Morgan fingerprint density at radius 3 is 1.14 bits per heavy atom. The molecule has 0 saturated carbocycles. The maximum Gasteiger partial charge on any atom is 0.192 e. The summed E-state index contributed by atoms with van der Waals surface area (Å²) in [4.78, 5) is 0. The molecule has 0 saturated heterocycles. The highest BCUT2D eigenvalue weighted by atomic mass is 15.0. The van der Waals surface area contributed by atoms with E-state index in [2.05, 4.69) is 202 Å². The van der Waals surface area contributed by atoms with Crippen molar-refractivity contribution in [1.29, 1.82) is 0 Å². The van der Waals surface area contributed by atoms with Crippen molar-refractivity contribution in [2.24, 2.45) is 0 Å². The van der Waals surface area contributed by atoms with Crippen LogP contribution in [0, 0.1) is 0 Å². The largest absolute Gasteiger partial charge is 0.376 e. The van der Waals surface area contributed by atoms with E-state index in [0.29, 0.717) is 0 Å². The van der Waals surface area contributed by atoms with Crippen LogP contribution in [0.15, 0.2) is 183 Å². The number of benzene rings is 9. The summed E-state index contributed by atoms with van der Waals surface area (Å²) in [7, 11) is 0. The third kappa shape index (κ3) is 5.78. The molecule has 4 nitrogen and oxygen atoms in total. The van der Waals surface area contributed by atoms with Crippen molar-refractivity contribution in [3.05, 3.63) is 205 Å². The highest BCUT2D eigenvalue weighted by Gasteiger charge is 2.14. The zero-order chi connectivity index (χ0) is 37.0. The molecule has 11 aromatic rings. The monoisotopic (exact) mass is 720 g/mol. The van der Waals surface area contributed by atoms with Gasteiger partial charge in [-0.25, -0.2) is 0 Å².